The molecule has 96 valence electrons. The van der Waals surface area contributed by atoms with Gasteiger partial charge in [0, 0.05) is 11.6 Å². The molecule has 2 N–H and O–H groups in total. The van der Waals surface area contributed by atoms with E-state index >= 15 is 0 Å². The topological polar surface area (TPSA) is 69.6 Å². The van der Waals surface area contributed by atoms with Crippen molar-refractivity contribution in [2.24, 2.45) is 0 Å². The Morgan fingerprint density at radius 3 is 2.53 bits per heavy atom. The van der Waals surface area contributed by atoms with Crippen LogP contribution in [0.5, 0.6) is 0 Å². The summed E-state index contributed by atoms with van der Waals surface area (Å²) in [7, 11) is 0. The van der Waals surface area contributed by atoms with E-state index in [2.05, 4.69) is 33.4 Å². The molecule has 0 aliphatic heterocycles. The van der Waals surface area contributed by atoms with E-state index in [1.165, 1.54) is 6.33 Å². The second kappa shape index (κ2) is 4.35. The van der Waals surface area contributed by atoms with Gasteiger partial charge in [0.15, 0.2) is 17.0 Å². The quantitative estimate of drug-likeness (QED) is 0.762. The van der Waals surface area contributed by atoms with Gasteiger partial charge >= 0.3 is 0 Å². The number of anilines is 1. The molecule has 0 radical (unpaired) electrons. The van der Waals surface area contributed by atoms with Gasteiger partial charge in [-0.15, -0.1) is 0 Å². The molecule has 0 aliphatic carbocycles. The number of nitrogens with two attached hydrogens (primary N) is 1. The molecule has 0 saturated heterocycles. The third-order valence-corrected chi connectivity index (χ3v) is 3.05. The molecule has 0 atom stereocenters. The number of fused-ring (bicyclic) bond motifs is 1. The maximum atomic E-state index is 5.89. The Bertz CT molecular complexity index is 715. The Morgan fingerprint density at radius 2 is 1.84 bits per heavy atom. The molecule has 1 aromatic carbocycles. The molecule has 0 fully saturated rings. The third kappa shape index (κ3) is 1.83. The molecule has 19 heavy (non-hydrogen) atoms. The number of benzene rings is 1. The van der Waals surface area contributed by atoms with Crippen molar-refractivity contribution in [3.05, 3.63) is 36.7 Å². The molecular formula is C14H15N5. The Balaban J connectivity index is 2.36. The van der Waals surface area contributed by atoms with E-state index in [-0.39, 0.29) is 6.04 Å². The molecule has 0 amide bonds. The van der Waals surface area contributed by atoms with Gasteiger partial charge in [0.1, 0.15) is 12.2 Å². The highest BCUT2D eigenvalue weighted by atomic mass is 15.2. The molecule has 2 aromatic heterocycles. The van der Waals surface area contributed by atoms with Gasteiger partial charge < -0.3 is 10.3 Å². The third-order valence-electron chi connectivity index (χ3n) is 3.05. The summed E-state index contributed by atoms with van der Waals surface area (Å²) in [5.41, 5.74) is 8.38. The second-order valence-electron chi connectivity index (χ2n) is 4.70. The van der Waals surface area contributed by atoms with E-state index in [4.69, 9.17) is 5.73 Å². The van der Waals surface area contributed by atoms with Gasteiger partial charge in [0.2, 0.25) is 0 Å². The van der Waals surface area contributed by atoms with Crippen LogP contribution in [0.2, 0.25) is 0 Å². The Kier molecular flexibility index (Phi) is 2.67. The highest BCUT2D eigenvalue weighted by Crippen LogP contribution is 2.28. The molecular weight excluding hydrogens is 238 g/mol. The molecule has 2 heterocycles. The van der Waals surface area contributed by atoms with Crippen LogP contribution in [-0.2, 0) is 0 Å². The zero-order chi connectivity index (χ0) is 13.4. The first-order chi connectivity index (χ1) is 9.18. The van der Waals surface area contributed by atoms with Crippen LogP contribution in [-0.4, -0.2) is 19.5 Å². The van der Waals surface area contributed by atoms with Gasteiger partial charge in [-0.3, -0.25) is 0 Å². The number of hydrogen-bond donors (Lipinski definition) is 1. The van der Waals surface area contributed by atoms with E-state index < -0.39 is 0 Å². The lowest BCUT2D eigenvalue weighted by Crippen LogP contribution is -2.04. The first-order valence-corrected chi connectivity index (χ1v) is 6.22. The lowest BCUT2D eigenvalue weighted by Gasteiger charge is -2.12. The average Bonchev–Trinajstić information content (AvgIpc) is 2.81. The monoisotopic (exact) mass is 253 g/mol. The molecule has 0 bridgehead atoms. The van der Waals surface area contributed by atoms with E-state index in [9.17, 15) is 0 Å². The van der Waals surface area contributed by atoms with Crippen LogP contribution >= 0.6 is 0 Å². The maximum Gasteiger partial charge on any atom is 0.166 e. The van der Waals surface area contributed by atoms with Gasteiger partial charge in [-0.1, -0.05) is 30.3 Å². The van der Waals surface area contributed by atoms with E-state index in [0.717, 1.165) is 17.0 Å². The van der Waals surface area contributed by atoms with Crippen LogP contribution in [0.15, 0.2) is 36.7 Å². The maximum absolute atomic E-state index is 5.89. The van der Waals surface area contributed by atoms with Crippen LogP contribution in [0, 0.1) is 0 Å². The zero-order valence-electron chi connectivity index (χ0n) is 10.9. The first kappa shape index (κ1) is 11.6. The van der Waals surface area contributed by atoms with E-state index in [1.807, 2.05) is 30.3 Å². The minimum absolute atomic E-state index is 0.245. The highest BCUT2D eigenvalue weighted by Gasteiger charge is 2.17. The largest absolute Gasteiger partial charge is 0.382 e. The second-order valence-corrected chi connectivity index (χ2v) is 4.70. The molecule has 0 saturated carbocycles. The molecule has 0 unspecified atom stereocenters. The number of nitrogens with zero attached hydrogens (tertiary/aromatic N) is 4. The minimum Gasteiger partial charge on any atom is -0.382 e. The first-order valence-electron chi connectivity index (χ1n) is 6.22. The molecule has 5 heteroatoms. The molecule has 3 rings (SSSR count). The lowest BCUT2D eigenvalue weighted by atomic mass is 10.2. The van der Waals surface area contributed by atoms with Gasteiger partial charge in [-0.25, -0.2) is 15.0 Å². The number of aromatic nitrogens is 4. The number of nitrogen functional groups attached to an aromatic ring is 1. The normalized spacial score (nSPS) is 11.3. The highest BCUT2D eigenvalue weighted by molar-refractivity contribution is 5.85. The number of hydrogen-bond acceptors (Lipinski definition) is 4. The predicted molar refractivity (Wildman–Crippen MR) is 75.6 cm³/mol. The summed E-state index contributed by atoms with van der Waals surface area (Å²) in [5, 5.41) is 0. The van der Waals surface area contributed by atoms with Crippen molar-refractivity contribution in [2.75, 3.05) is 5.73 Å². The fourth-order valence-corrected chi connectivity index (χ4v) is 2.21. The van der Waals surface area contributed by atoms with Crippen LogP contribution < -0.4 is 5.73 Å². The molecule has 3 aromatic rings. The van der Waals surface area contributed by atoms with Gasteiger partial charge in [0.05, 0.1) is 0 Å². The smallest absolute Gasteiger partial charge is 0.166 e. The predicted octanol–water partition coefficient (Wildman–Crippen LogP) is 2.66. The summed E-state index contributed by atoms with van der Waals surface area (Å²) in [4.78, 5) is 12.9. The van der Waals surface area contributed by atoms with E-state index in [0.29, 0.717) is 11.3 Å². The van der Waals surface area contributed by atoms with Crippen LogP contribution in [0.25, 0.3) is 22.6 Å². The molecule has 0 aliphatic rings. The van der Waals surface area contributed by atoms with Crippen molar-refractivity contribution >= 4 is 17.0 Å². The van der Waals surface area contributed by atoms with Gasteiger partial charge in [-0.05, 0) is 13.8 Å². The fourth-order valence-electron chi connectivity index (χ4n) is 2.21. The van der Waals surface area contributed by atoms with Crippen molar-refractivity contribution < 1.29 is 0 Å². The number of imidazole rings is 1. The van der Waals surface area contributed by atoms with Gasteiger partial charge in [-0.2, -0.15) is 0 Å². The minimum atomic E-state index is 0.245. The number of rotatable bonds is 2. The lowest BCUT2D eigenvalue weighted by molar-refractivity contribution is 0.619. The van der Waals surface area contributed by atoms with Crippen molar-refractivity contribution in [1.82, 2.24) is 19.5 Å². The van der Waals surface area contributed by atoms with Crippen LogP contribution in [0.1, 0.15) is 19.9 Å². The van der Waals surface area contributed by atoms with Gasteiger partial charge in [0.25, 0.3) is 0 Å². The standard InChI is InChI=1S/C14H15N5/c1-9(2)19-13(10-6-4-3-5-7-10)18-11-12(15)16-8-17-14(11)19/h3-9H,1-2H3,(H2,15,16,17). The molecule has 5 nitrogen and oxygen atoms in total. The van der Waals surface area contributed by atoms with Crippen LogP contribution in [0.3, 0.4) is 0 Å². The summed E-state index contributed by atoms with van der Waals surface area (Å²) in [6.45, 7) is 4.21. The summed E-state index contributed by atoms with van der Waals surface area (Å²) in [6, 6.07) is 10.3. The Labute approximate surface area is 111 Å². The molecule has 0 spiro atoms. The van der Waals surface area contributed by atoms with Crippen molar-refractivity contribution in [3.63, 3.8) is 0 Å². The zero-order valence-corrected chi connectivity index (χ0v) is 10.9. The summed E-state index contributed by atoms with van der Waals surface area (Å²) in [5.74, 6) is 1.29. The summed E-state index contributed by atoms with van der Waals surface area (Å²) < 4.78 is 2.09. The van der Waals surface area contributed by atoms with Crippen molar-refractivity contribution in [1.29, 1.82) is 0 Å². The Hall–Kier alpha value is -2.43. The summed E-state index contributed by atoms with van der Waals surface area (Å²) >= 11 is 0. The fraction of sp³-hybridized carbons (Fsp3) is 0.214. The Morgan fingerprint density at radius 1 is 1.11 bits per heavy atom. The SMILES string of the molecule is CC(C)n1c(-c2ccccc2)nc2c(N)ncnc21. The summed E-state index contributed by atoms with van der Waals surface area (Å²) in [6.07, 6.45) is 1.48. The van der Waals surface area contributed by atoms with Crippen LogP contribution in [0.4, 0.5) is 5.82 Å². The van der Waals surface area contributed by atoms with Crippen molar-refractivity contribution in [2.45, 2.75) is 19.9 Å². The van der Waals surface area contributed by atoms with Crippen molar-refractivity contribution in [3.8, 4) is 11.4 Å². The average molecular weight is 253 g/mol. The van der Waals surface area contributed by atoms with E-state index in [1.54, 1.807) is 0 Å².